The van der Waals surface area contributed by atoms with Crippen LogP contribution in [0, 0.1) is 0 Å². The average Bonchev–Trinajstić information content (AvgIpc) is 2.49. The summed E-state index contributed by atoms with van der Waals surface area (Å²) in [6.07, 6.45) is 0. The molecule has 1 aromatic carbocycles. The Hall–Kier alpha value is -0.830. The van der Waals surface area contributed by atoms with Crippen LogP contribution in [0.25, 0.3) is 0 Å². The Bertz CT molecular complexity index is 574. The predicted octanol–water partition coefficient (Wildman–Crippen LogP) is 1.97. The van der Waals surface area contributed by atoms with Crippen LogP contribution < -0.4 is 9.46 Å². The topological polar surface area (TPSA) is 67.9 Å². The summed E-state index contributed by atoms with van der Waals surface area (Å²) >= 11 is 3.38. The molecule has 2 rings (SSSR count). The Morgan fingerprint density at radius 3 is 2.71 bits per heavy atom. The fraction of sp³-hybridized carbons (Fsp3) is 0.538. The lowest BCUT2D eigenvalue weighted by atomic mass is 10.2. The molecule has 0 bridgehead atoms. The molecule has 0 amide bonds. The lowest BCUT2D eigenvalue weighted by Crippen LogP contribution is -2.43. The van der Waals surface area contributed by atoms with Crippen LogP contribution in [-0.2, 0) is 20.3 Å². The van der Waals surface area contributed by atoms with E-state index in [1.165, 1.54) is 4.31 Å². The van der Waals surface area contributed by atoms with Gasteiger partial charge in [0, 0.05) is 24.0 Å². The first-order valence-corrected chi connectivity index (χ1v) is 9.30. The standard InChI is InChI=1S/C13H19BrN2O4S/c1-2-20-13-4-3-12(9-11(13)10-14)15-21(17,18)16-5-7-19-8-6-16/h3-4,9,15H,2,5-8,10H2,1H3. The van der Waals surface area contributed by atoms with Crippen molar-refractivity contribution < 1.29 is 17.9 Å². The molecule has 118 valence electrons. The third-order valence-corrected chi connectivity index (χ3v) is 5.20. The summed E-state index contributed by atoms with van der Waals surface area (Å²) in [4.78, 5) is 0. The molecule has 0 aliphatic carbocycles. The van der Waals surface area contributed by atoms with E-state index in [-0.39, 0.29) is 0 Å². The van der Waals surface area contributed by atoms with Crippen LogP contribution in [0.15, 0.2) is 18.2 Å². The van der Waals surface area contributed by atoms with E-state index in [2.05, 4.69) is 20.7 Å². The first kappa shape index (κ1) is 16.5. The highest BCUT2D eigenvalue weighted by Gasteiger charge is 2.24. The molecule has 1 aromatic rings. The third-order valence-electron chi connectivity index (χ3n) is 3.06. The molecule has 1 aliphatic heterocycles. The van der Waals surface area contributed by atoms with Gasteiger partial charge in [0.1, 0.15) is 5.75 Å². The van der Waals surface area contributed by atoms with Crippen molar-refractivity contribution in [3.05, 3.63) is 23.8 Å². The molecule has 0 spiro atoms. The maximum absolute atomic E-state index is 12.3. The summed E-state index contributed by atoms with van der Waals surface area (Å²) in [5.74, 6) is 0.753. The van der Waals surface area contributed by atoms with E-state index < -0.39 is 10.2 Å². The van der Waals surface area contributed by atoms with E-state index in [1.807, 2.05) is 6.92 Å². The van der Waals surface area contributed by atoms with E-state index in [9.17, 15) is 8.42 Å². The Morgan fingerprint density at radius 1 is 1.38 bits per heavy atom. The number of rotatable bonds is 6. The minimum Gasteiger partial charge on any atom is -0.494 e. The highest BCUT2D eigenvalue weighted by atomic mass is 79.9. The maximum Gasteiger partial charge on any atom is 0.301 e. The van der Waals surface area contributed by atoms with E-state index in [4.69, 9.17) is 9.47 Å². The first-order chi connectivity index (χ1) is 10.1. The number of anilines is 1. The van der Waals surface area contributed by atoms with Crippen LogP contribution >= 0.6 is 15.9 Å². The SMILES string of the molecule is CCOc1ccc(NS(=O)(=O)N2CCOCC2)cc1CBr. The molecule has 0 atom stereocenters. The largest absolute Gasteiger partial charge is 0.494 e. The molecule has 0 aromatic heterocycles. The Kier molecular flexibility index (Phi) is 5.86. The fourth-order valence-electron chi connectivity index (χ4n) is 2.04. The molecule has 1 N–H and O–H groups in total. The minimum atomic E-state index is -3.54. The molecule has 21 heavy (non-hydrogen) atoms. The third kappa shape index (κ3) is 4.32. The zero-order valence-corrected chi connectivity index (χ0v) is 14.2. The molecule has 1 aliphatic rings. The second-order valence-electron chi connectivity index (χ2n) is 4.51. The first-order valence-electron chi connectivity index (χ1n) is 6.74. The van der Waals surface area contributed by atoms with Gasteiger partial charge in [-0.3, -0.25) is 4.72 Å². The molecule has 0 radical (unpaired) electrons. The quantitative estimate of drug-likeness (QED) is 0.768. The number of ether oxygens (including phenoxy) is 2. The molecular weight excluding hydrogens is 360 g/mol. The molecule has 0 saturated carbocycles. The Labute approximate surface area is 133 Å². The number of halogens is 1. The van der Waals surface area contributed by atoms with Crippen molar-refractivity contribution in [3.8, 4) is 5.75 Å². The molecule has 6 nitrogen and oxygen atoms in total. The maximum atomic E-state index is 12.3. The summed E-state index contributed by atoms with van der Waals surface area (Å²) in [5.41, 5.74) is 1.43. The van der Waals surface area contributed by atoms with Gasteiger partial charge in [0.25, 0.3) is 0 Å². The molecule has 1 saturated heterocycles. The Morgan fingerprint density at radius 2 is 2.10 bits per heavy atom. The highest BCUT2D eigenvalue weighted by Crippen LogP contribution is 2.26. The molecule has 0 unspecified atom stereocenters. The number of nitrogens with one attached hydrogen (secondary N) is 1. The van der Waals surface area contributed by atoms with Crippen LogP contribution in [0.1, 0.15) is 12.5 Å². The fourth-order valence-corrected chi connectivity index (χ4v) is 3.67. The van der Waals surface area contributed by atoms with E-state index in [1.54, 1.807) is 18.2 Å². The van der Waals surface area contributed by atoms with Crippen molar-refractivity contribution in [2.45, 2.75) is 12.3 Å². The van der Waals surface area contributed by atoms with Crippen LogP contribution in [0.2, 0.25) is 0 Å². The second kappa shape index (κ2) is 7.44. The number of alkyl halides is 1. The van der Waals surface area contributed by atoms with Gasteiger partial charge in [-0.15, -0.1) is 0 Å². The van der Waals surface area contributed by atoms with Gasteiger partial charge in [-0.2, -0.15) is 12.7 Å². The Balaban J connectivity index is 2.14. The van der Waals surface area contributed by atoms with Crippen molar-refractivity contribution >= 4 is 31.8 Å². The number of benzene rings is 1. The van der Waals surface area contributed by atoms with Gasteiger partial charge in [-0.05, 0) is 25.1 Å². The monoisotopic (exact) mass is 378 g/mol. The van der Waals surface area contributed by atoms with Gasteiger partial charge in [-0.1, -0.05) is 15.9 Å². The summed E-state index contributed by atoms with van der Waals surface area (Å²) in [6, 6.07) is 5.25. The molecule has 8 heteroatoms. The van der Waals surface area contributed by atoms with Gasteiger partial charge in [0.2, 0.25) is 0 Å². The molecule has 1 fully saturated rings. The van der Waals surface area contributed by atoms with Gasteiger partial charge in [0.15, 0.2) is 0 Å². The number of hydrogen-bond donors (Lipinski definition) is 1. The lowest BCUT2D eigenvalue weighted by molar-refractivity contribution is 0.0733. The molecular formula is C13H19BrN2O4S. The summed E-state index contributed by atoms with van der Waals surface area (Å²) in [6.45, 7) is 4.08. The van der Waals surface area contributed by atoms with Gasteiger partial charge < -0.3 is 9.47 Å². The van der Waals surface area contributed by atoms with Crippen LogP contribution in [0.3, 0.4) is 0 Å². The number of hydrogen-bond acceptors (Lipinski definition) is 4. The zero-order chi connectivity index (χ0) is 15.3. The minimum absolute atomic E-state index is 0.373. The van der Waals surface area contributed by atoms with Crippen molar-refractivity contribution in [2.24, 2.45) is 0 Å². The number of morpholine rings is 1. The highest BCUT2D eigenvalue weighted by molar-refractivity contribution is 9.08. The van der Waals surface area contributed by atoms with Crippen molar-refractivity contribution in [3.63, 3.8) is 0 Å². The summed E-state index contributed by atoms with van der Waals surface area (Å²) < 4.78 is 39.2. The summed E-state index contributed by atoms with van der Waals surface area (Å²) in [7, 11) is -3.54. The summed E-state index contributed by atoms with van der Waals surface area (Å²) in [5, 5.41) is 0.593. The van der Waals surface area contributed by atoms with E-state index in [0.717, 1.165) is 11.3 Å². The number of nitrogens with zero attached hydrogens (tertiary/aromatic N) is 1. The van der Waals surface area contributed by atoms with E-state index >= 15 is 0 Å². The van der Waals surface area contributed by atoms with Crippen molar-refractivity contribution in [1.82, 2.24) is 4.31 Å². The normalized spacial score (nSPS) is 16.7. The molecule has 1 heterocycles. The smallest absolute Gasteiger partial charge is 0.301 e. The van der Waals surface area contributed by atoms with Crippen LogP contribution in [0.5, 0.6) is 5.75 Å². The van der Waals surface area contributed by atoms with E-state index in [0.29, 0.717) is 43.9 Å². The van der Waals surface area contributed by atoms with Crippen molar-refractivity contribution in [2.75, 3.05) is 37.6 Å². The average molecular weight is 379 g/mol. The van der Waals surface area contributed by atoms with Crippen LogP contribution in [-0.4, -0.2) is 45.6 Å². The second-order valence-corrected chi connectivity index (χ2v) is 6.74. The van der Waals surface area contributed by atoms with Gasteiger partial charge in [-0.25, -0.2) is 0 Å². The van der Waals surface area contributed by atoms with Gasteiger partial charge >= 0.3 is 10.2 Å². The van der Waals surface area contributed by atoms with Crippen molar-refractivity contribution in [1.29, 1.82) is 0 Å². The van der Waals surface area contributed by atoms with Gasteiger partial charge in [0.05, 0.1) is 25.5 Å². The predicted molar refractivity (Wildman–Crippen MR) is 85.2 cm³/mol. The van der Waals surface area contributed by atoms with Crippen LogP contribution in [0.4, 0.5) is 5.69 Å². The lowest BCUT2D eigenvalue weighted by Gasteiger charge is -2.26. The zero-order valence-electron chi connectivity index (χ0n) is 11.8.